The van der Waals surface area contributed by atoms with Crippen molar-refractivity contribution in [1.29, 1.82) is 0 Å². The second kappa shape index (κ2) is 14.2. The van der Waals surface area contributed by atoms with Crippen molar-refractivity contribution in [2.24, 2.45) is 10.3 Å². The Morgan fingerprint density at radius 1 is 0.696 bits per heavy atom. The standard InChI is InChI=1S/2C12H11ClN6O2S2/c2*13-9-5-10(15-6-7-2-1-3-22-7)8(12-16-18-19-17-12)4-11(9)23(14,20)21/h2*1-5,15H,6H2,(H2,14,20,21)(H,16,17,18,19). The number of benzene rings is 2. The summed E-state index contributed by atoms with van der Waals surface area (Å²) < 4.78 is 46.6. The molecule has 22 heteroatoms. The van der Waals surface area contributed by atoms with Gasteiger partial charge < -0.3 is 10.6 Å². The van der Waals surface area contributed by atoms with Gasteiger partial charge in [0.15, 0.2) is 0 Å². The van der Waals surface area contributed by atoms with E-state index in [1.165, 1.54) is 24.3 Å². The fourth-order valence-corrected chi connectivity index (χ4v) is 7.44. The first kappa shape index (κ1) is 33.3. The predicted octanol–water partition coefficient (Wildman–Crippen LogP) is 3.68. The van der Waals surface area contributed by atoms with Crippen molar-refractivity contribution in [1.82, 2.24) is 41.2 Å². The summed E-state index contributed by atoms with van der Waals surface area (Å²) in [5.74, 6) is 0.473. The summed E-state index contributed by atoms with van der Waals surface area (Å²) in [6.45, 7) is 1.10. The number of primary sulfonamides is 2. The number of H-pyrrole nitrogens is 2. The van der Waals surface area contributed by atoms with E-state index in [1.54, 1.807) is 22.7 Å². The van der Waals surface area contributed by atoms with E-state index < -0.39 is 20.0 Å². The average molecular weight is 742 g/mol. The highest BCUT2D eigenvalue weighted by atomic mass is 35.5. The summed E-state index contributed by atoms with van der Waals surface area (Å²) in [5, 5.41) is 47.9. The summed E-state index contributed by atoms with van der Waals surface area (Å²) in [6.07, 6.45) is 0. The molecule has 0 aliphatic carbocycles. The summed E-state index contributed by atoms with van der Waals surface area (Å²) >= 11 is 15.3. The van der Waals surface area contributed by atoms with Crippen molar-refractivity contribution in [3.8, 4) is 22.8 Å². The van der Waals surface area contributed by atoms with Crippen LogP contribution in [0.1, 0.15) is 9.75 Å². The molecule has 0 unspecified atom stereocenters. The summed E-state index contributed by atoms with van der Waals surface area (Å²) in [5.41, 5.74) is 2.03. The molecule has 2 aromatic carbocycles. The number of sulfonamides is 2. The third kappa shape index (κ3) is 8.22. The molecule has 4 heterocycles. The Labute approximate surface area is 279 Å². The Bertz CT molecular complexity index is 1970. The average Bonchev–Trinajstić information content (AvgIpc) is 3.82. The molecule has 0 radical (unpaired) electrons. The van der Waals surface area contributed by atoms with Crippen LogP contribution in [0, 0.1) is 0 Å². The predicted molar refractivity (Wildman–Crippen MR) is 175 cm³/mol. The molecule has 240 valence electrons. The highest BCUT2D eigenvalue weighted by Gasteiger charge is 2.21. The SMILES string of the molecule is NS(=O)(=O)c1cc(-c2nn[nH]n2)c(NCc2cccs2)cc1Cl.NS(=O)(=O)c1cc(-c2nn[nH]n2)c(NCc2cccs2)cc1Cl. The molecule has 16 nitrogen and oxygen atoms in total. The minimum atomic E-state index is -3.97. The lowest BCUT2D eigenvalue weighted by atomic mass is 10.1. The molecule has 6 rings (SSSR count). The van der Waals surface area contributed by atoms with Gasteiger partial charge in [-0.15, -0.1) is 43.1 Å². The van der Waals surface area contributed by atoms with E-state index in [-0.39, 0.29) is 31.5 Å². The molecule has 0 bridgehead atoms. The number of halogens is 2. The molecular weight excluding hydrogens is 720 g/mol. The van der Waals surface area contributed by atoms with E-state index in [0.29, 0.717) is 35.6 Å². The normalized spacial score (nSPS) is 11.6. The van der Waals surface area contributed by atoms with Crippen LogP contribution in [0.2, 0.25) is 10.0 Å². The number of hydrogen-bond donors (Lipinski definition) is 6. The smallest absolute Gasteiger partial charge is 0.239 e. The maximum Gasteiger partial charge on any atom is 0.239 e. The van der Waals surface area contributed by atoms with Crippen LogP contribution in [0.3, 0.4) is 0 Å². The Hall–Kier alpha value is -4.02. The first-order chi connectivity index (χ1) is 21.9. The molecule has 0 amide bonds. The number of aromatic nitrogens is 8. The van der Waals surface area contributed by atoms with Crippen LogP contribution in [0.4, 0.5) is 11.4 Å². The van der Waals surface area contributed by atoms with E-state index in [1.807, 2.05) is 35.0 Å². The monoisotopic (exact) mass is 740 g/mol. The number of nitrogens with one attached hydrogen (secondary N) is 4. The molecule has 0 saturated heterocycles. The third-order valence-electron chi connectivity index (χ3n) is 6.00. The Morgan fingerprint density at radius 3 is 1.41 bits per heavy atom. The van der Waals surface area contributed by atoms with Crippen LogP contribution >= 0.6 is 45.9 Å². The van der Waals surface area contributed by atoms with Crippen molar-refractivity contribution >= 4 is 77.3 Å². The zero-order chi connectivity index (χ0) is 32.9. The molecule has 0 saturated carbocycles. The summed E-state index contributed by atoms with van der Waals surface area (Å²) in [6, 6.07) is 13.5. The Kier molecular flexibility index (Phi) is 10.3. The van der Waals surface area contributed by atoms with E-state index >= 15 is 0 Å². The zero-order valence-corrected chi connectivity index (χ0v) is 27.8. The highest BCUT2D eigenvalue weighted by Crippen LogP contribution is 2.35. The van der Waals surface area contributed by atoms with Gasteiger partial charge >= 0.3 is 0 Å². The number of tetrazole rings is 2. The van der Waals surface area contributed by atoms with E-state index in [9.17, 15) is 16.8 Å². The molecule has 46 heavy (non-hydrogen) atoms. The van der Waals surface area contributed by atoms with E-state index in [4.69, 9.17) is 33.5 Å². The molecule has 0 atom stereocenters. The van der Waals surface area contributed by atoms with Gasteiger partial charge in [-0.1, -0.05) is 35.3 Å². The number of rotatable bonds is 10. The topological polar surface area (TPSA) is 253 Å². The summed E-state index contributed by atoms with van der Waals surface area (Å²) in [7, 11) is -7.93. The van der Waals surface area contributed by atoms with Crippen molar-refractivity contribution < 1.29 is 16.8 Å². The van der Waals surface area contributed by atoms with Crippen LogP contribution < -0.4 is 20.9 Å². The van der Waals surface area contributed by atoms with Crippen molar-refractivity contribution in [2.45, 2.75) is 22.9 Å². The molecule has 0 aliphatic rings. The molecule has 0 spiro atoms. The van der Waals surface area contributed by atoms with Crippen LogP contribution in [0.25, 0.3) is 22.8 Å². The molecule has 8 N–H and O–H groups in total. The lowest BCUT2D eigenvalue weighted by Crippen LogP contribution is -2.13. The molecule has 4 aromatic heterocycles. The second-order valence-corrected chi connectivity index (χ2v) is 15.0. The van der Waals surface area contributed by atoms with Gasteiger partial charge in [0, 0.05) is 45.3 Å². The molecule has 0 fully saturated rings. The number of nitrogens with two attached hydrogens (primary N) is 2. The first-order valence-electron chi connectivity index (χ1n) is 12.6. The fourth-order valence-electron chi connectivity index (χ4n) is 3.95. The lowest BCUT2D eigenvalue weighted by molar-refractivity contribution is 0.596. The van der Waals surface area contributed by atoms with E-state index in [0.717, 1.165) is 9.75 Å². The largest absolute Gasteiger partial charge is 0.380 e. The second-order valence-electron chi connectivity index (χ2n) is 9.08. The van der Waals surface area contributed by atoms with Crippen LogP contribution in [0.15, 0.2) is 69.1 Å². The number of nitrogens with zero attached hydrogens (tertiary/aromatic N) is 6. The van der Waals surface area contributed by atoms with Crippen LogP contribution in [-0.2, 0) is 33.1 Å². The lowest BCUT2D eigenvalue weighted by Gasteiger charge is -2.12. The first-order valence-corrected chi connectivity index (χ1v) is 18.2. The van der Waals surface area contributed by atoms with Crippen LogP contribution in [-0.4, -0.2) is 58.1 Å². The molecular formula is C24H22Cl2N12O4S4. The van der Waals surface area contributed by atoms with Gasteiger partial charge in [-0.3, -0.25) is 0 Å². The molecule has 0 aliphatic heterocycles. The van der Waals surface area contributed by atoms with Gasteiger partial charge in [-0.05, 0) is 57.6 Å². The Morgan fingerprint density at radius 2 is 1.11 bits per heavy atom. The van der Waals surface area contributed by atoms with Gasteiger partial charge in [0.05, 0.1) is 10.0 Å². The number of hydrogen-bond acceptors (Lipinski definition) is 14. The number of thiophene rings is 2. The zero-order valence-electron chi connectivity index (χ0n) is 23.0. The van der Waals surface area contributed by atoms with Gasteiger partial charge in [0.25, 0.3) is 0 Å². The highest BCUT2D eigenvalue weighted by molar-refractivity contribution is 7.89. The quantitative estimate of drug-likeness (QED) is 0.118. The Balaban J connectivity index is 0.000000181. The maximum atomic E-state index is 11.6. The maximum absolute atomic E-state index is 11.6. The fraction of sp³-hybridized carbons (Fsp3) is 0.0833. The minimum absolute atomic E-state index is 0.0217. The third-order valence-corrected chi connectivity index (χ3v) is 10.5. The summed E-state index contributed by atoms with van der Waals surface area (Å²) in [4.78, 5) is 1.83. The van der Waals surface area contributed by atoms with Crippen LogP contribution in [0.5, 0.6) is 0 Å². The number of aromatic amines is 2. The van der Waals surface area contributed by atoms with Crippen molar-refractivity contribution in [2.75, 3.05) is 10.6 Å². The molecule has 6 aromatic rings. The van der Waals surface area contributed by atoms with Gasteiger partial charge in [0.1, 0.15) is 9.79 Å². The minimum Gasteiger partial charge on any atom is -0.380 e. The number of anilines is 2. The van der Waals surface area contributed by atoms with Gasteiger partial charge in [-0.2, -0.15) is 10.4 Å². The van der Waals surface area contributed by atoms with E-state index in [2.05, 4.69) is 51.9 Å². The van der Waals surface area contributed by atoms with Gasteiger partial charge in [0.2, 0.25) is 31.7 Å². The van der Waals surface area contributed by atoms with Crippen molar-refractivity contribution in [3.05, 3.63) is 79.1 Å². The van der Waals surface area contributed by atoms with Crippen molar-refractivity contribution in [3.63, 3.8) is 0 Å². The van der Waals surface area contributed by atoms with Gasteiger partial charge in [-0.25, -0.2) is 27.1 Å².